The molecule has 38 heavy (non-hydrogen) atoms. The molecule has 1 atom stereocenters. The van der Waals surface area contributed by atoms with Gasteiger partial charge in [-0.15, -0.1) is 0 Å². The van der Waals surface area contributed by atoms with Crippen LogP contribution in [0.1, 0.15) is 79.3 Å². The van der Waals surface area contributed by atoms with Crippen LogP contribution in [0.4, 0.5) is 11.6 Å². The maximum atomic E-state index is 12.9. The molecule has 10 heteroatoms. The number of nitrogens with zero attached hydrogens (tertiary/aromatic N) is 4. The maximum Gasteiger partial charge on any atom is 0.254 e. The number of hydrogen-bond acceptors (Lipinski definition) is 7. The highest BCUT2D eigenvalue weighted by molar-refractivity contribution is 6.00. The van der Waals surface area contributed by atoms with Crippen LogP contribution in [0.15, 0.2) is 30.6 Å². The fraction of sp³-hybridized carbons (Fsp3) is 0.500. The first kappa shape index (κ1) is 25.8. The summed E-state index contributed by atoms with van der Waals surface area (Å²) >= 11 is 0. The Morgan fingerprint density at radius 3 is 2.53 bits per heavy atom. The Labute approximate surface area is 222 Å². The second-order valence-corrected chi connectivity index (χ2v) is 10.7. The van der Waals surface area contributed by atoms with Gasteiger partial charge in [-0.25, -0.2) is 9.97 Å². The van der Waals surface area contributed by atoms with E-state index < -0.39 is 0 Å². The number of nitrogens with one attached hydrogen (secondary N) is 2. The highest BCUT2D eigenvalue weighted by Crippen LogP contribution is 2.39. The third kappa shape index (κ3) is 6.00. The number of anilines is 2. The van der Waals surface area contributed by atoms with Gasteiger partial charge in [0.1, 0.15) is 0 Å². The minimum Gasteiger partial charge on any atom is -0.341 e. The van der Waals surface area contributed by atoms with Crippen molar-refractivity contribution in [1.29, 1.82) is 0 Å². The molecule has 2 aromatic rings. The average molecular weight is 519 g/mol. The molecule has 0 spiro atoms. The largest absolute Gasteiger partial charge is 0.341 e. The van der Waals surface area contributed by atoms with Crippen LogP contribution in [0.3, 0.4) is 0 Å². The van der Waals surface area contributed by atoms with E-state index in [0.29, 0.717) is 48.9 Å². The summed E-state index contributed by atoms with van der Waals surface area (Å²) in [6.07, 6.45) is 9.67. The number of aromatic nitrogens is 2. The number of piperidine rings is 1. The summed E-state index contributed by atoms with van der Waals surface area (Å²) in [5, 5.41) is 5.12. The van der Waals surface area contributed by atoms with Crippen LogP contribution >= 0.6 is 0 Å². The second kappa shape index (κ2) is 11.3. The van der Waals surface area contributed by atoms with Crippen molar-refractivity contribution in [2.24, 2.45) is 5.92 Å². The van der Waals surface area contributed by atoms with Gasteiger partial charge < -0.3 is 15.1 Å². The molecule has 2 fully saturated rings. The summed E-state index contributed by atoms with van der Waals surface area (Å²) in [7, 11) is 0. The number of fused-ring (bicyclic) bond motifs is 1. The van der Waals surface area contributed by atoms with Crippen molar-refractivity contribution in [3.8, 4) is 0 Å². The van der Waals surface area contributed by atoms with Gasteiger partial charge >= 0.3 is 0 Å². The quantitative estimate of drug-likeness (QED) is 0.463. The normalized spacial score (nSPS) is 18.2. The molecule has 0 bridgehead atoms. The van der Waals surface area contributed by atoms with Gasteiger partial charge in [-0.3, -0.25) is 24.5 Å². The predicted molar refractivity (Wildman–Crippen MR) is 141 cm³/mol. The van der Waals surface area contributed by atoms with Gasteiger partial charge in [0.25, 0.3) is 5.91 Å². The van der Waals surface area contributed by atoms with E-state index in [4.69, 9.17) is 0 Å². The lowest BCUT2D eigenvalue weighted by molar-refractivity contribution is -0.125. The van der Waals surface area contributed by atoms with E-state index in [9.17, 15) is 19.2 Å². The molecular weight excluding hydrogens is 484 g/mol. The Kier molecular flexibility index (Phi) is 7.67. The summed E-state index contributed by atoms with van der Waals surface area (Å²) < 4.78 is 0. The van der Waals surface area contributed by atoms with E-state index in [1.807, 2.05) is 25.4 Å². The summed E-state index contributed by atoms with van der Waals surface area (Å²) in [5.41, 5.74) is 3.39. The average Bonchev–Trinajstić information content (AvgIpc) is 3.72. The van der Waals surface area contributed by atoms with Crippen molar-refractivity contribution in [3.05, 3.63) is 47.3 Å². The number of carbonyl (C=O) groups excluding carboxylic acids is 4. The van der Waals surface area contributed by atoms with Crippen molar-refractivity contribution in [3.63, 3.8) is 0 Å². The molecule has 10 nitrogen and oxygen atoms in total. The third-order valence-corrected chi connectivity index (χ3v) is 7.84. The van der Waals surface area contributed by atoms with Crippen molar-refractivity contribution in [1.82, 2.24) is 20.2 Å². The van der Waals surface area contributed by atoms with E-state index in [1.54, 1.807) is 17.0 Å². The zero-order valence-electron chi connectivity index (χ0n) is 21.7. The van der Waals surface area contributed by atoms with E-state index >= 15 is 0 Å². The third-order valence-electron chi connectivity index (χ3n) is 7.84. The van der Waals surface area contributed by atoms with E-state index in [1.165, 1.54) is 18.4 Å². The lowest BCUT2D eigenvalue weighted by Gasteiger charge is -2.31. The highest BCUT2D eigenvalue weighted by atomic mass is 16.2. The molecule has 1 unspecified atom stereocenters. The van der Waals surface area contributed by atoms with E-state index in [-0.39, 0.29) is 30.2 Å². The highest BCUT2D eigenvalue weighted by Gasteiger charge is 2.31. The van der Waals surface area contributed by atoms with Gasteiger partial charge in [0.05, 0.1) is 0 Å². The van der Waals surface area contributed by atoms with Gasteiger partial charge in [-0.2, -0.15) is 0 Å². The Bertz CT molecular complexity index is 1200. The number of hydrogen-bond donors (Lipinski definition) is 2. The summed E-state index contributed by atoms with van der Waals surface area (Å²) in [6.45, 7) is 4.00. The van der Waals surface area contributed by atoms with Crippen LogP contribution in [0.25, 0.3) is 0 Å². The van der Waals surface area contributed by atoms with Crippen LogP contribution in [0.5, 0.6) is 0 Å². The first-order valence-electron chi connectivity index (χ1n) is 13.4. The fourth-order valence-electron chi connectivity index (χ4n) is 5.34. The van der Waals surface area contributed by atoms with Crippen molar-refractivity contribution >= 4 is 35.8 Å². The van der Waals surface area contributed by atoms with E-state index in [2.05, 4.69) is 25.5 Å². The molecule has 3 heterocycles. The zero-order valence-corrected chi connectivity index (χ0v) is 21.7. The minimum absolute atomic E-state index is 0.0239. The topological polar surface area (TPSA) is 125 Å². The van der Waals surface area contributed by atoms with Gasteiger partial charge in [0.15, 0.2) is 0 Å². The standard InChI is InChI=1S/C28H34N6O4/c1-18(2-7-25(36)31-17-35)34-16-21-13-23(5-6-24(21)27(34)38)32-26(37)12-19-8-10-33(11-9-19)28-29-14-22(15-30-28)20-3-4-20/h5-6,13-15,17-20H,2-4,7-12,16H2,1H3,(H,32,37)(H,31,35,36). The van der Waals surface area contributed by atoms with Crippen molar-refractivity contribution in [2.45, 2.75) is 70.4 Å². The number of imide groups is 1. The molecule has 1 aliphatic carbocycles. The number of benzene rings is 1. The maximum absolute atomic E-state index is 12.9. The van der Waals surface area contributed by atoms with Crippen molar-refractivity contribution in [2.75, 3.05) is 23.3 Å². The van der Waals surface area contributed by atoms with Crippen LogP contribution < -0.4 is 15.5 Å². The van der Waals surface area contributed by atoms with Crippen LogP contribution in [0.2, 0.25) is 0 Å². The van der Waals surface area contributed by atoms with E-state index in [0.717, 1.165) is 37.4 Å². The molecule has 0 radical (unpaired) electrons. The number of rotatable bonds is 10. The van der Waals surface area contributed by atoms with Gasteiger partial charge in [0.2, 0.25) is 24.2 Å². The van der Waals surface area contributed by atoms with Crippen LogP contribution in [0, 0.1) is 5.92 Å². The van der Waals surface area contributed by atoms with Gasteiger partial charge in [-0.05, 0) is 80.2 Å². The second-order valence-electron chi connectivity index (χ2n) is 10.7. The smallest absolute Gasteiger partial charge is 0.254 e. The van der Waals surface area contributed by atoms with Gasteiger partial charge in [0, 0.05) is 62.2 Å². The Balaban J connectivity index is 1.09. The summed E-state index contributed by atoms with van der Waals surface area (Å²) in [4.78, 5) is 60.7. The van der Waals surface area contributed by atoms with Crippen LogP contribution in [-0.2, 0) is 20.9 Å². The molecule has 1 aromatic heterocycles. The SMILES string of the molecule is CC(CCC(=O)NC=O)N1Cc2cc(NC(=O)CC3CCN(c4ncc(C5CC5)cn4)CC3)ccc2C1=O. The molecule has 3 aliphatic rings. The van der Waals surface area contributed by atoms with Crippen molar-refractivity contribution < 1.29 is 19.2 Å². The van der Waals surface area contributed by atoms with Gasteiger partial charge in [-0.1, -0.05) is 0 Å². The molecular formula is C28H34N6O4. The lowest BCUT2D eigenvalue weighted by Crippen LogP contribution is -2.36. The molecule has 2 N–H and O–H groups in total. The molecule has 1 saturated heterocycles. The molecule has 1 aromatic carbocycles. The number of amides is 4. The molecule has 2 aliphatic heterocycles. The first-order chi connectivity index (χ1) is 18.4. The monoisotopic (exact) mass is 518 g/mol. The Morgan fingerprint density at radius 1 is 1.11 bits per heavy atom. The summed E-state index contributed by atoms with van der Waals surface area (Å²) in [5.74, 6) is 1.26. The fourth-order valence-corrected chi connectivity index (χ4v) is 5.34. The summed E-state index contributed by atoms with van der Waals surface area (Å²) in [6, 6.07) is 5.23. The molecule has 200 valence electrons. The Morgan fingerprint density at radius 2 is 1.84 bits per heavy atom. The molecule has 5 rings (SSSR count). The minimum atomic E-state index is -0.359. The number of carbonyl (C=O) groups is 4. The first-order valence-corrected chi connectivity index (χ1v) is 13.4. The predicted octanol–water partition coefficient (Wildman–Crippen LogP) is 3.00. The molecule has 1 saturated carbocycles. The Hall–Kier alpha value is -3.82. The lowest BCUT2D eigenvalue weighted by atomic mass is 9.93. The molecule has 4 amide bonds. The van der Waals surface area contributed by atoms with Crippen LogP contribution in [-0.4, -0.2) is 58.1 Å². The zero-order chi connectivity index (χ0) is 26.6.